The maximum Gasteiger partial charge on any atom is 0.164 e. The lowest BCUT2D eigenvalue weighted by Crippen LogP contribution is -2.24. The molecule has 0 unspecified atom stereocenters. The third kappa shape index (κ3) is 1.95. The lowest BCUT2D eigenvalue weighted by molar-refractivity contribution is 0.631. The summed E-state index contributed by atoms with van der Waals surface area (Å²) in [6, 6.07) is 6.59. The summed E-state index contributed by atoms with van der Waals surface area (Å²) in [6.07, 6.45) is 5.96. The Hall–Kier alpha value is -1.68. The van der Waals surface area contributed by atoms with E-state index >= 15 is 0 Å². The minimum atomic E-state index is 0.976. The number of rotatable bonds is 1. The predicted octanol–water partition coefficient (Wildman–Crippen LogP) is 2.32. The van der Waals surface area contributed by atoms with Crippen LogP contribution in [0.5, 0.6) is 0 Å². The molecule has 3 heterocycles. The van der Waals surface area contributed by atoms with Gasteiger partial charge in [0, 0.05) is 25.1 Å². The second kappa shape index (κ2) is 5.02. The standard InChI is InChI=1S/C16H20N4/c1-2-7-15-18-19-16(20(15)10-3-1)14-6-4-5-12-11-17-9-8-13(12)14/h4-6,17H,1-3,7-11H2. The van der Waals surface area contributed by atoms with E-state index < -0.39 is 0 Å². The van der Waals surface area contributed by atoms with Crippen LogP contribution in [0, 0.1) is 0 Å². The Labute approximate surface area is 119 Å². The normalized spacial score (nSPS) is 18.2. The van der Waals surface area contributed by atoms with Gasteiger partial charge in [-0.2, -0.15) is 0 Å². The van der Waals surface area contributed by atoms with Crippen LogP contribution in [0.2, 0.25) is 0 Å². The number of benzene rings is 1. The average molecular weight is 268 g/mol. The van der Waals surface area contributed by atoms with Gasteiger partial charge in [-0.3, -0.25) is 0 Å². The van der Waals surface area contributed by atoms with Gasteiger partial charge in [0.25, 0.3) is 0 Å². The van der Waals surface area contributed by atoms with Crippen molar-refractivity contribution in [1.29, 1.82) is 0 Å². The van der Waals surface area contributed by atoms with E-state index in [1.165, 1.54) is 41.8 Å². The van der Waals surface area contributed by atoms with Crippen LogP contribution < -0.4 is 5.32 Å². The first-order chi connectivity index (χ1) is 9.93. The van der Waals surface area contributed by atoms with Crippen LogP contribution in [0.1, 0.15) is 36.2 Å². The lowest BCUT2D eigenvalue weighted by Gasteiger charge is -2.20. The Bertz CT molecular complexity index is 629. The summed E-state index contributed by atoms with van der Waals surface area (Å²) in [5, 5.41) is 12.4. The first-order valence-electron chi connectivity index (χ1n) is 7.67. The molecule has 0 bridgehead atoms. The summed E-state index contributed by atoms with van der Waals surface area (Å²) in [6.45, 7) is 3.11. The zero-order valence-electron chi connectivity index (χ0n) is 11.7. The molecule has 2 aliphatic rings. The molecule has 0 atom stereocenters. The molecule has 4 heteroatoms. The van der Waals surface area contributed by atoms with Crippen LogP contribution in [0.25, 0.3) is 11.4 Å². The van der Waals surface area contributed by atoms with Crippen LogP contribution in [-0.4, -0.2) is 21.3 Å². The van der Waals surface area contributed by atoms with E-state index in [9.17, 15) is 0 Å². The highest BCUT2D eigenvalue weighted by molar-refractivity contribution is 5.63. The molecule has 4 rings (SSSR count). The first-order valence-corrected chi connectivity index (χ1v) is 7.67. The number of hydrogen-bond donors (Lipinski definition) is 1. The van der Waals surface area contributed by atoms with Crippen molar-refractivity contribution in [3.8, 4) is 11.4 Å². The SMILES string of the molecule is c1cc2c(c(-c3nnc4n3CCCCC4)c1)CCNC2. The van der Waals surface area contributed by atoms with Gasteiger partial charge in [0.15, 0.2) is 5.82 Å². The number of nitrogens with zero attached hydrogens (tertiary/aromatic N) is 3. The van der Waals surface area contributed by atoms with E-state index in [0.29, 0.717) is 0 Å². The second-order valence-corrected chi connectivity index (χ2v) is 5.77. The van der Waals surface area contributed by atoms with Crippen molar-refractivity contribution in [2.75, 3.05) is 6.54 Å². The summed E-state index contributed by atoms with van der Waals surface area (Å²) in [4.78, 5) is 0. The van der Waals surface area contributed by atoms with E-state index in [1.54, 1.807) is 0 Å². The molecular formula is C16H20N4. The van der Waals surface area contributed by atoms with E-state index in [1.807, 2.05) is 0 Å². The van der Waals surface area contributed by atoms with Gasteiger partial charge in [0.1, 0.15) is 5.82 Å². The predicted molar refractivity (Wildman–Crippen MR) is 78.4 cm³/mol. The maximum absolute atomic E-state index is 4.51. The molecule has 0 fully saturated rings. The van der Waals surface area contributed by atoms with Crippen LogP contribution in [0.3, 0.4) is 0 Å². The third-order valence-corrected chi connectivity index (χ3v) is 4.49. The number of fused-ring (bicyclic) bond motifs is 2. The summed E-state index contributed by atoms with van der Waals surface area (Å²) in [5.41, 5.74) is 4.18. The number of hydrogen-bond acceptors (Lipinski definition) is 3. The summed E-state index contributed by atoms with van der Waals surface area (Å²) in [7, 11) is 0. The van der Waals surface area contributed by atoms with Gasteiger partial charge >= 0.3 is 0 Å². The highest BCUT2D eigenvalue weighted by Crippen LogP contribution is 2.29. The van der Waals surface area contributed by atoms with E-state index in [4.69, 9.17) is 0 Å². The highest BCUT2D eigenvalue weighted by Gasteiger charge is 2.20. The Morgan fingerprint density at radius 3 is 3.05 bits per heavy atom. The minimum Gasteiger partial charge on any atom is -0.312 e. The van der Waals surface area contributed by atoms with Gasteiger partial charge in [-0.15, -0.1) is 10.2 Å². The average Bonchev–Trinajstić information content (AvgIpc) is 2.75. The van der Waals surface area contributed by atoms with Crippen molar-refractivity contribution < 1.29 is 0 Å². The fourth-order valence-corrected chi connectivity index (χ4v) is 3.43. The molecule has 1 aromatic carbocycles. The number of aryl methyl sites for hydroxylation is 1. The molecule has 1 aromatic heterocycles. The molecule has 0 amide bonds. The first kappa shape index (κ1) is 12.1. The molecule has 2 aliphatic heterocycles. The minimum absolute atomic E-state index is 0.976. The van der Waals surface area contributed by atoms with Gasteiger partial charge in [-0.1, -0.05) is 24.6 Å². The molecule has 2 aromatic rings. The number of nitrogens with one attached hydrogen (secondary N) is 1. The monoisotopic (exact) mass is 268 g/mol. The molecule has 1 N–H and O–H groups in total. The zero-order chi connectivity index (χ0) is 13.4. The van der Waals surface area contributed by atoms with Gasteiger partial charge < -0.3 is 9.88 Å². The molecule has 0 saturated heterocycles. The molecule has 4 nitrogen and oxygen atoms in total. The van der Waals surface area contributed by atoms with Gasteiger partial charge in [-0.05, 0) is 36.9 Å². The Morgan fingerprint density at radius 1 is 1.05 bits per heavy atom. The number of aromatic nitrogens is 3. The van der Waals surface area contributed by atoms with E-state index in [2.05, 4.69) is 38.3 Å². The fraction of sp³-hybridized carbons (Fsp3) is 0.500. The van der Waals surface area contributed by atoms with Gasteiger partial charge in [-0.25, -0.2) is 0 Å². The van der Waals surface area contributed by atoms with Crippen LogP contribution in [0.15, 0.2) is 18.2 Å². The molecule has 0 saturated carbocycles. The Balaban J connectivity index is 1.84. The Kier molecular flexibility index (Phi) is 3.03. The lowest BCUT2D eigenvalue weighted by atomic mass is 9.95. The fourth-order valence-electron chi connectivity index (χ4n) is 3.43. The van der Waals surface area contributed by atoms with Crippen molar-refractivity contribution in [3.05, 3.63) is 35.2 Å². The van der Waals surface area contributed by atoms with Crippen molar-refractivity contribution in [1.82, 2.24) is 20.1 Å². The second-order valence-electron chi connectivity index (χ2n) is 5.77. The maximum atomic E-state index is 4.51. The molecule has 0 spiro atoms. The molecule has 0 aliphatic carbocycles. The molecule has 20 heavy (non-hydrogen) atoms. The molecular weight excluding hydrogens is 248 g/mol. The van der Waals surface area contributed by atoms with Crippen molar-refractivity contribution in [2.24, 2.45) is 0 Å². The topological polar surface area (TPSA) is 42.7 Å². The summed E-state index contributed by atoms with van der Waals surface area (Å²) < 4.78 is 2.35. The van der Waals surface area contributed by atoms with Crippen LogP contribution in [-0.2, 0) is 25.9 Å². The van der Waals surface area contributed by atoms with Crippen molar-refractivity contribution in [3.63, 3.8) is 0 Å². The largest absolute Gasteiger partial charge is 0.312 e. The molecule has 0 radical (unpaired) electrons. The van der Waals surface area contributed by atoms with Gasteiger partial charge in [0.2, 0.25) is 0 Å². The van der Waals surface area contributed by atoms with Crippen LogP contribution >= 0.6 is 0 Å². The zero-order valence-corrected chi connectivity index (χ0v) is 11.7. The van der Waals surface area contributed by atoms with Crippen molar-refractivity contribution >= 4 is 0 Å². The van der Waals surface area contributed by atoms with E-state index in [0.717, 1.165) is 38.3 Å². The van der Waals surface area contributed by atoms with Crippen molar-refractivity contribution in [2.45, 2.75) is 45.2 Å². The van der Waals surface area contributed by atoms with Gasteiger partial charge in [0.05, 0.1) is 0 Å². The quantitative estimate of drug-likeness (QED) is 0.863. The summed E-state index contributed by atoms with van der Waals surface area (Å²) >= 11 is 0. The third-order valence-electron chi connectivity index (χ3n) is 4.49. The molecule has 104 valence electrons. The smallest absolute Gasteiger partial charge is 0.164 e. The van der Waals surface area contributed by atoms with E-state index in [-0.39, 0.29) is 0 Å². The Morgan fingerprint density at radius 2 is 2.05 bits per heavy atom. The van der Waals surface area contributed by atoms with Crippen LogP contribution in [0.4, 0.5) is 0 Å². The summed E-state index contributed by atoms with van der Waals surface area (Å²) in [5.74, 6) is 2.25. The highest BCUT2D eigenvalue weighted by atomic mass is 15.3.